The van der Waals surface area contributed by atoms with Crippen molar-refractivity contribution in [2.75, 3.05) is 0 Å². The molecule has 0 heterocycles. The summed E-state index contributed by atoms with van der Waals surface area (Å²) in [5, 5.41) is 0. The Morgan fingerprint density at radius 2 is 0.333 bits per heavy atom. The van der Waals surface area contributed by atoms with Crippen molar-refractivity contribution in [1.82, 2.24) is 24.6 Å². The van der Waals surface area contributed by atoms with Crippen molar-refractivity contribution in [3.05, 3.63) is 0 Å². The molecule has 0 aliphatic carbocycles. The first kappa shape index (κ1) is 108. The van der Waals surface area contributed by atoms with Crippen LogP contribution in [0.3, 0.4) is 0 Å². The summed E-state index contributed by atoms with van der Waals surface area (Å²) in [7, 11) is 0. The Balaban J connectivity index is 0. The van der Waals surface area contributed by atoms with Crippen molar-refractivity contribution in [1.29, 1.82) is 0 Å². The SMILES string of the molecule is N.N.N.N.[NaH].[NaH]. The molecule has 0 fully saturated rings. The monoisotopic (exact) mass is 116 g/mol. The molecule has 0 aliphatic heterocycles. The van der Waals surface area contributed by atoms with Crippen molar-refractivity contribution in [3.63, 3.8) is 0 Å². The molecule has 12 N–H and O–H groups in total. The van der Waals surface area contributed by atoms with Gasteiger partial charge in [0.1, 0.15) is 0 Å². The molecule has 0 spiro atoms. The second-order valence-corrected chi connectivity index (χ2v) is 0. The summed E-state index contributed by atoms with van der Waals surface area (Å²) in [6.45, 7) is 0. The second kappa shape index (κ2) is 68.9. The molecule has 0 rings (SSSR count). The predicted octanol–water partition coefficient (Wildman–Crippen LogP) is -0.649. The van der Waals surface area contributed by atoms with E-state index in [-0.39, 0.29) is 83.7 Å². The van der Waals surface area contributed by atoms with E-state index in [1.165, 1.54) is 0 Å². The van der Waals surface area contributed by atoms with Crippen LogP contribution >= 0.6 is 0 Å². The Hall–Kier alpha value is 1.84. The average Bonchev–Trinajstić information content (AvgIpc) is 0. The molecule has 36 valence electrons. The summed E-state index contributed by atoms with van der Waals surface area (Å²) in [4.78, 5) is 0. The van der Waals surface area contributed by atoms with Gasteiger partial charge in [0.15, 0.2) is 0 Å². The van der Waals surface area contributed by atoms with E-state index >= 15 is 0 Å². The van der Waals surface area contributed by atoms with Crippen LogP contribution in [0.2, 0.25) is 0 Å². The standard InChI is InChI=1S/4H3N.2Na.2H/h4*1H3;;;;. The molecule has 0 aromatic carbocycles. The first-order valence-corrected chi connectivity index (χ1v) is 0. The topological polar surface area (TPSA) is 140 Å². The number of rotatable bonds is 0. The third-order valence-corrected chi connectivity index (χ3v) is 0. The maximum absolute atomic E-state index is 0. The van der Waals surface area contributed by atoms with Gasteiger partial charge in [-0.15, -0.1) is 0 Å². The van der Waals surface area contributed by atoms with Gasteiger partial charge in [-0.3, -0.25) is 0 Å². The van der Waals surface area contributed by atoms with Crippen LogP contribution in [0.5, 0.6) is 0 Å². The van der Waals surface area contributed by atoms with Crippen LogP contribution in [0.4, 0.5) is 0 Å². The average molecular weight is 116 g/mol. The Kier molecular flexibility index (Phi) is 1240. The van der Waals surface area contributed by atoms with Crippen molar-refractivity contribution in [2.24, 2.45) is 0 Å². The molecule has 0 aromatic rings. The van der Waals surface area contributed by atoms with Crippen molar-refractivity contribution in [3.8, 4) is 0 Å². The van der Waals surface area contributed by atoms with E-state index < -0.39 is 0 Å². The third-order valence-electron chi connectivity index (χ3n) is 0. The zero-order valence-corrected chi connectivity index (χ0v) is 2.83. The Labute approximate surface area is 82.7 Å². The van der Waals surface area contributed by atoms with Gasteiger partial charge in [0.05, 0.1) is 0 Å². The molecular formula is H14N4Na2. The summed E-state index contributed by atoms with van der Waals surface area (Å²) in [5.74, 6) is 0. The summed E-state index contributed by atoms with van der Waals surface area (Å²) < 4.78 is 0. The van der Waals surface area contributed by atoms with E-state index in [1.807, 2.05) is 0 Å². The van der Waals surface area contributed by atoms with Gasteiger partial charge in [-0.2, -0.15) is 0 Å². The summed E-state index contributed by atoms with van der Waals surface area (Å²) in [6, 6.07) is 0. The minimum atomic E-state index is 0. The first-order chi connectivity index (χ1) is 0. The molecule has 0 saturated heterocycles. The van der Waals surface area contributed by atoms with Gasteiger partial charge in [0.25, 0.3) is 0 Å². The second-order valence-electron chi connectivity index (χ2n) is 0. The molecule has 0 saturated carbocycles. The van der Waals surface area contributed by atoms with Crippen LogP contribution in [-0.2, 0) is 0 Å². The maximum atomic E-state index is 0. The minimum absolute atomic E-state index is 0. The van der Waals surface area contributed by atoms with Gasteiger partial charge in [-0.1, -0.05) is 0 Å². The van der Waals surface area contributed by atoms with Crippen molar-refractivity contribution >= 4 is 59.1 Å². The Bertz CT molecular complexity index is 5.51. The molecule has 0 amide bonds. The van der Waals surface area contributed by atoms with Crippen LogP contribution in [0.1, 0.15) is 0 Å². The summed E-state index contributed by atoms with van der Waals surface area (Å²) in [5.41, 5.74) is 0. The molecule has 0 aromatic heterocycles. The Morgan fingerprint density at radius 1 is 0.333 bits per heavy atom. The van der Waals surface area contributed by atoms with E-state index in [4.69, 9.17) is 0 Å². The van der Waals surface area contributed by atoms with Gasteiger partial charge in [-0.25, -0.2) is 0 Å². The predicted molar refractivity (Wildman–Crippen MR) is 34.4 cm³/mol. The number of hydrogen-bond acceptors (Lipinski definition) is 4. The molecule has 0 bridgehead atoms. The number of hydrogen-bond donors (Lipinski definition) is 4. The molecule has 6 heteroatoms. The van der Waals surface area contributed by atoms with Crippen LogP contribution in [-0.4, -0.2) is 59.1 Å². The van der Waals surface area contributed by atoms with Gasteiger partial charge in [0, 0.05) is 0 Å². The quantitative estimate of drug-likeness (QED) is 0.312. The van der Waals surface area contributed by atoms with E-state index in [2.05, 4.69) is 0 Å². The first-order valence-electron chi connectivity index (χ1n) is 0. The fraction of sp³-hybridized carbons (Fsp3) is 0. The van der Waals surface area contributed by atoms with Gasteiger partial charge >= 0.3 is 59.1 Å². The van der Waals surface area contributed by atoms with Gasteiger partial charge < -0.3 is 24.6 Å². The van der Waals surface area contributed by atoms with Crippen molar-refractivity contribution in [2.45, 2.75) is 0 Å². The van der Waals surface area contributed by atoms with Crippen molar-refractivity contribution < 1.29 is 0 Å². The van der Waals surface area contributed by atoms with Crippen LogP contribution in [0.15, 0.2) is 0 Å². The third kappa shape index (κ3) is 40.4. The van der Waals surface area contributed by atoms with Gasteiger partial charge in [0.2, 0.25) is 0 Å². The molecule has 4 nitrogen and oxygen atoms in total. The summed E-state index contributed by atoms with van der Waals surface area (Å²) >= 11 is 0. The van der Waals surface area contributed by atoms with E-state index in [9.17, 15) is 0 Å². The van der Waals surface area contributed by atoms with E-state index in [0.29, 0.717) is 0 Å². The molecule has 0 atom stereocenters. The fourth-order valence-corrected chi connectivity index (χ4v) is 0. The van der Waals surface area contributed by atoms with Crippen LogP contribution < -0.4 is 24.6 Å². The molecule has 6 heavy (non-hydrogen) atoms. The molecule has 0 unspecified atom stereocenters. The zero-order chi connectivity index (χ0) is 0. The molecule has 0 aliphatic rings. The van der Waals surface area contributed by atoms with Crippen LogP contribution in [0.25, 0.3) is 0 Å². The summed E-state index contributed by atoms with van der Waals surface area (Å²) in [6.07, 6.45) is 0. The van der Waals surface area contributed by atoms with E-state index in [1.54, 1.807) is 0 Å². The van der Waals surface area contributed by atoms with Gasteiger partial charge in [-0.05, 0) is 0 Å². The zero-order valence-electron chi connectivity index (χ0n) is 2.83. The normalized spacial score (nSPS) is 0. The molecular weight excluding hydrogens is 102 g/mol. The fourth-order valence-electron chi connectivity index (χ4n) is 0. The van der Waals surface area contributed by atoms with Crippen LogP contribution in [0, 0.1) is 0 Å². The van der Waals surface area contributed by atoms with E-state index in [0.717, 1.165) is 0 Å². The Morgan fingerprint density at radius 3 is 0.333 bits per heavy atom. The molecule has 0 radical (unpaired) electrons.